The molecule has 0 atom stereocenters. The van der Waals surface area contributed by atoms with E-state index in [4.69, 9.17) is 4.42 Å². The van der Waals surface area contributed by atoms with Crippen LogP contribution in [0.2, 0.25) is 0 Å². The van der Waals surface area contributed by atoms with Gasteiger partial charge in [0.2, 0.25) is 0 Å². The van der Waals surface area contributed by atoms with Crippen LogP contribution in [0.5, 0.6) is 0 Å². The van der Waals surface area contributed by atoms with E-state index in [-0.39, 0.29) is 22.2 Å². The van der Waals surface area contributed by atoms with Crippen LogP contribution in [-0.2, 0) is 15.6 Å². The van der Waals surface area contributed by atoms with Gasteiger partial charge in [0.1, 0.15) is 11.5 Å². The summed E-state index contributed by atoms with van der Waals surface area (Å²) in [5.74, 6) is -0.520. The number of sulfone groups is 1. The van der Waals surface area contributed by atoms with Crippen molar-refractivity contribution in [2.75, 3.05) is 5.32 Å². The van der Waals surface area contributed by atoms with Crippen LogP contribution in [0.15, 0.2) is 57.2 Å². The highest BCUT2D eigenvalue weighted by Crippen LogP contribution is 2.20. The molecule has 8 heteroatoms. The lowest BCUT2D eigenvalue weighted by molar-refractivity contribution is 0.0995. The Morgan fingerprint density at radius 2 is 1.96 bits per heavy atom. The zero-order valence-electron chi connectivity index (χ0n) is 12.7. The molecule has 0 aliphatic heterocycles. The van der Waals surface area contributed by atoms with E-state index in [0.717, 1.165) is 5.69 Å². The Bertz CT molecular complexity index is 959. The van der Waals surface area contributed by atoms with Gasteiger partial charge in [-0.1, -0.05) is 18.2 Å². The molecule has 2 heterocycles. The fourth-order valence-electron chi connectivity index (χ4n) is 2.05. The summed E-state index contributed by atoms with van der Waals surface area (Å²) in [6.45, 7) is 1.82. The van der Waals surface area contributed by atoms with Gasteiger partial charge in [0, 0.05) is 5.38 Å². The molecule has 124 valence electrons. The maximum absolute atomic E-state index is 12.3. The number of thiazole rings is 1. The number of carbonyl (C=O) groups excluding carboxylic acids is 1. The minimum absolute atomic E-state index is 0.0427. The number of benzene rings is 1. The van der Waals surface area contributed by atoms with Crippen LogP contribution in [-0.4, -0.2) is 19.3 Å². The molecule has 1 aromatic carbocycles. The maximum atomic E-state index is 12.3. The molecular formula is C16H14N2O4S2. The highest BCUT2D eigenvalue weighted by molar-refractivity contribution is 7.90. The van der Waals surface area contributed by atoms with E-state index in [2.05, 4.69) is 10.3 Å². The van der Waals surface area contributed by atoms with E-state index in [0.29, 0.717) is 5.13 Å². The molecule has 0 unspecified atom stereocenters. The van der Waals surface area contributed by atoms with Gasteiger partial charge in [-0.2, -0.15) is 0 Å². The number of furan rings is 1. The molecule has 3 aromatic rings. The first-order valence-corrected chi connectivity index (χ1v) is 9.57. The summed E-state index contributed by atoms with van der Waals surface area (Å²) in [6, 6.07) is 11.0. The molecule has 0 radical (unpaired) electrons. The summed E-state index contributed by atoms with van der Waals surface area (Å²) < 4.78 is 30.0. The number of carbonyl (C=O) groups is 1. The molecule has 0 saturated heterocycles. The van der Waals surface area contributed by atoms with Gasteiger partial charge in [-0.25, -0.2) is 13.4 Å². The number of nitrogens with zero attached hydrogens (tertiary/aromatic N) is 1. The average Bonchev–Trinajstić information content (AvgIpc) is 3.17. The molecule has 0 bridgehead atoms. The summed E-state index contributed by atoms with van der Waals surface area (Å²) in [4.78, 5) is 16.4. The molecule has 0 spiro atoms. The summed E-state index contributed by atoms with van der Waals surface area (Å²) in [6.07, 6.45) is 0. The summed E-state index contributed by atoms with van der Waals surface area (Å²) in [7, 11) is -3.52. The first-order valence-electron chi connectivity index (χ1n) is 7.04. The first-order chi connectivity index (χ1) is 11.4. The van der Waals surface area contributed by atoms with Gasteiger partial charge >= 0.3 is 0 Å². The fraction of sp³-hybridized carbons (Fsp3) is 0.125. The van der Waals surface area contributed by atoms with Crippen molar-refractivity contribution in [2.45, 2.75) is 17.6 Å². The van der Waals surface area contributed by atoms with E-state index >= 15 is 0 Å². The Kier molecular flexibility index (Phi) is 4.50. The van der Waals surface area contributed by atoms with Gasteiger partial charge < -0.3 is 4.42 Å². The number of rotatable bonds is 5. The van der Waals surface area contributed by atoms with Crippen molar-refractivity contribution in [1.29, 1.82) is 0 Å². The van der Waals surface area contributed by atoms with Crippen molar-refractivity contribution in [3.05, 3.63) is 65.1 Å². The monoisotopic (exact) mass is 362 g/mol. The largest absolute Gasteiger partial charge is 0.455 e. The number of anilines is 1. The molecule has 6 nitrogen and oxygen atoms in total. The first kappa shape index (κ1) is 16.4. The van der Waals surface area contributed by atoms with Crippen LogP contribution < -0.4 is 5.32 Å². The second kappa shape index (κ2) is 6.58. The lowest BCUT2D eigenvalue weighted by Crippen LogP contribution is -2.10. The van der Waals surface area contributed by atoms with Gasteiger partial charge in [0.05, 0.1) is 10.6 Å². The van der Waals surface area contributed by atoms with Gasteiger partial charge in [-0.05, 0) is 31.2 Å². The minimum Gasteiger partial charge on any atom is -0.455 e. The predicted molar refractivity (Wildman–Crippen MR) is 90.8 cm³/mol. The molecule has 24 heavy (non-hydrogen) atoms. The van der Waals surface area contributed by atoms with E-state index in [1.54, 1.807) is 18.2 Å². The lowest BCUT2D eigenvalue weighted by Gasteiger charge is -2.02. The molecule has 2 aromatic heterocycles. The van der Waals surface area contributed by atoms with Crippen LogP contribution in [0.4, 0.5) is 5.13 Å². The van der Waals surface area contributed by atoms with E-state index in [1.165, 1.54) is 35.6 Å². The smallest absolute Gasteiger partial charge is 0.293 e. The number of amides is 1. The molecule has 0 saturated carbocycles. The standard InChI is InChI=1S/C16H14N2O4S2/c1-11-9-23-16(17-11)18-15(19)14-8-7-12(22-14)10-24(20,21)13-5-3-2-4-6-13/h2-9H,10H2,1H3,(H,17,18,19). The Hall–Kier alpha value is -2.45. The second-order valence-corrected chi connectivity index (χ2v) is 7.93. The average molecular weight is 362 g/mol. The van der Waals surface area contributed by atoms with Gasteiger partial charge in [-0.15, -0.1) is 11.3 Å². The maximum Gasteiger partial charge on any atom is 0.293 e. The van der Waals surface area contributed by atoms with Crippen LogP contribution >= 0.6 is 11.3 Å². The molecule has 1 amide bonds. The third-order valence-corrected chi connectivity index (χ3v) is 5.69. The Morgan fingerprint density at radius 1 is 1.21 bits per heavy atom. The number of aryl methyl sites for hydroxylation is 1. The number of aromatic nitrogens is 1. The number of nitrogens with one attached hydrogen (secondary N) is 1. The minimum atomic E-state index is -3.52. The van der Waals surface area contributed by atoms with Gasteiger partial charge in [-0.3, -0.25) is 10.1 Å². The van der Waals surface area contributed by atoms with Gasteiger partial charge in [0.25, 0.3) is 5.91 Å². The van der Waals surface area contributed by atoms with E-state index < -0.39 is 15.7 Å². The molecular weight excluding hydrogens is 348 g/mol. The normalized spacial score (nSPS) is 11.4. The third kappa shape index (κ3) is 3.72. The Labute approximate surface area is 143 Å². The zero-order valence-corrected chi connectivity index (χ0v) is 14.4. The fourth-order valence-corrected chi connectivity index (χ4v) is 4.00. The highest BCUT2D eigenvalue weighted by atomic mass is 32.2. The lowest BCUT2D eigenvalue weighted by atomic mass is 10.4. The van der Waals surface area contributed by atoms with Crippen LogP contribution in [0.1, 0.15) is 22.0 Å². The van der Waals surface area contributed by atoms with E-state index in [9.17, 15) is 13.2 Å². The Morgan fingerprint density at radius 3 is 2.62 bits per heavy atom. The topological polar surface area (TPSA) is 89.3 Å². The quantitative estimate of drug-likeness (QED) is 0.752. The number of hydrogen-bond donors (Lipinski definition) is 1. The van der Waals surface area contributed by atoms with Crippen molar-refractivity contribution in [3.63, 3.8) is 0 Å². The number of hydrogen-bond acceptors (Lipinski definition) is 6. The van der Waals surface area contributed by atoms with Crippen molar-refractivity contribution in [2.24, 2.45) is 0 Å². The predicted octanol–water partition coefficient (Wildman–Crippen LogP) is 3.27. The van der Waals surface area contributed by atoms with Gasteiger partial charge in [0.15, 0.2) is 20.7 Å². The van der Waals surface area contributed by atoms with Crippen molar-refractivity contribution < 1.29 is 17.6 Å². The van der Waals surface area contributed by atoms with Crippen molar-refractivity contribution in [3.8, 4) is 0 Å². The van der Waals surface area contributed by atoms with Crippen molar-refractivity contribution in [1.82, 2.24) is 4.98 Å². The van der Waals surface area contributed by atoms with Crippen LogP contribution in [0, 0.1) is 6.92 Å². The third-order valence-electron chi connectivity index (χ3n) is 3.16. The summed E-state index contributed by atoms with van der Waals surface area (Å²) in [5.41, 5.74) is 0.810. The molecule has 1 N–H and O–H groups in total. The highest BCUT2D eigenvalue weighted by Gasteiger charge is 2.19. The van der Waals surface area contributed by atoms with Crippen LogP contribution in [0.25, 0.3) is 0 Å². The molecule has 0 aliphatic rings. The van der Waals surface area contributed by atoms with E-state index in [1.807, 2.05) is 12.3 Å². The van der Waals surface area contributed by atoms with Crippen LogP contribution in [0.3, 0.4) is 0 Å². The summed E-state index contributed by atoms with van der Waals surface area (Å²) in [5, 5.41) is 4.89. The summed E-state index contributed by atoms with van der Waals surface area (Å²) >= 11 is 1.31. The SMILES string of the molecule is Cc1csc(NC(=O)c2ccc(CS(=O)(=O)c3ccccc3)o2)n1. The Balaban J connectivity index is 1.72. The molecule has 3 rings (SSSR count). The zero-order chi connectivity index (χ0) is 17.2. The molecule has 0 fully saturated rings. The molecule has 0 aliphatic carbocycles. The second-order valence-electron chi connectivity index (χ2n) is 5.09. The van der Waals surface area contributed by atoms with Crippen molar-refractivity contribution >= 4 is 32.2 Å².